The molecule has 0 aromatic heterocycles. The zero-order valence-corrected chi connectivity index (χ0v) is 29.3. The van der Waals surface area contributed by atoms with E-state index in [1.165, 1.54) is 0 Å². The second-order valence-corrected chi connectivity index (χ2v) is 13.3. The van der Waals surface area contributed by atoms with Crippen LogP contribution in [0.25, 0.3) is 0 Å². The van der Waals surface area contributed by atoms with Crippen molar-refractivity contribution in [2.24, 2.45) is 0 Å². The number of nitrogens with zero attached hydrogens (tertiary/aromatic N) is 1. The molecule has 0 saturated heterocycles. The van der Waals surface area contributed by atoms with Crippen LogP contribution in [0.2, 0.25) is 0 Å². The van der Waals surface area contributed by atoms with E-state index in [1.54, 1.807) is 0 Å². The first-order valence-electron chi connectivity index (χ1n) is 14.6. The Morgan fingerprint density at radius 3 is 0.810 bits per heavy atom. The highest BCUT2D eigenvalue weighted by Gasteiger charge is 3.02. The monoisotopic (exact) mass is 1020 g/mol. The van der Waals surface area contributed by atoms with Crippen LogP contribution in [0.15, 0.2) is 0 Å². The van der Waals surface area contributed by atoms with Crippen LogP contribution in [0.4, 0.5) is 145 Å². The molecule has 0 radical (unpaired) electrons. The lowest BCUT2D eigenvalue weighted by atomic mass is 9.82. The third-order valence-electron chi connectivity index (χ3n) is 8.02. The standard InChI is InChI=1S/C25H16F33NO4/c1-7(60)63-8(5-59(2,3)6-9(61)62)4-10(26,27)11(28,29)12(30,31)13(32,33)14(34,35)15(36,37)16(38,39)17(40,41)18(42,43)19(44,45)20(46,47)21(48,49)22(50,51)23(52,53)24(54,55)25(56,57)58/h8H,4-6H2,1-3H3/p+1. The third-order valence-corrected chi connectivity index (χ3v) is 8.02. The molecule has 38 heteroatoms. The molecule has 0 aliphatic heterocycles. The van der Waals surface area contributed by atoms with Gasteiger partial charge in [-0.2, -0.15) is 145 Å². The lowest BCUT2D eigenvalue weighted by molar-refractivity contribution is -0.886. The number of aliphatic carboxylic acids is 1. The van der Waals surface area contributed by atoms with E-state index < -0.39 is 137 Å². The van der Waals surface area contributed by atoms with Gasteiger partial charge in [0, 0.05) is 6.92 Å². The maximum Gasteiger partial charge on any atom is 0.460 e. The van der Waals surface area contributed by atoms with Crippen molar-refractivity contribution < 1.29 is 169 Å². The molecule has 0 aliphatic carbocycles. The van der Waals surface area contributed by atoms with Gasteiger partial charge in [0.1, 0.15) is 6.54 Å². The summed E-state index contributed by atoms with van der Waals surface area (Å²) in [6, 6.07) is 0. The molecule has 63 heavy (non-hydrogen) atoms. The van der Waals surface area contributed by atoms with Gasteiger partial charge < -0.3 is 14.3 Å². The Hall–Kier alpha value is -3.41. The molecule has 0 bridgehead atoms. The summed E-state index contributed by atoms with van der Waals surface area (Å²) in [6.07, 6.45) is -15.1. The second kappa shape index (κ2) is 15.6. The van der Waals surface area contributed by atoms with Gasteiger partial charge in [-0.05, 0) is 0 Å². The van der Waals surface area contributed by atoms with Crippen molar-refractivity contribution in [1.29, 1.82) is 0 Å². The Labute approximate surface area is 323 Å². The number of rotatable bonds is 21. The average Bonchev–Trinajstić information content (AvgIpc) is 3.01. The van der Waals surface area contributed by atoms with Gasteiger partial charge in [-0.1, -0.05) is 0 Å². The summed E-state index contributed by atoms with van der Waals surface area (Å²) in [6.45, 7) is -2.87. The highest BCUT2D eigenvalue weighted by molar-refractivity contribution is 5.68. The number of alkyl halides is 33. The highest BCUT2D eigenvalue weighted by atomic mass is 19.4. The summed E-state index contributed by atoms with van der Waals surface area (Å²) in [7, 11) is 1.17. The Kier molecular flexibility index (Phi) is 14.8. The molecular formula is C25H17F33NO4+. The van der Waals surface area contributed by atoms with E-state index in [1.807, 2.05) is 0 Å². The lowest BCUT2D eigenvalue weighted by Crippen LogP contribution is -2.80. The fourth-order valence-electron chi connectivity index (χ4n) is 4.55. The van der Waals surface area contributed by atoms with Crippen molar-refractivity contribution in [3.8, 4) is 0 Å². The largest absolute Gasteiger partial charge is 0.477 e. The van der Waals surface area contributed by atoms with E-state index in [0.29, 0.717) is 14.1 Å². The van der Waals surface area contributed by atoms with Crippen LogP contribution in [0.3, 0.4) is 0 Å². The topological polar surface area (TPSA) is 63.6 Å². The molecular weight excluding hydrogens is 1010 g/mol. The van der Waals surface area contributed by atoms with E-state index in [2.05, 4.69) is 4.74 Å². The lowest BCUT2D eigenvalue weighted by Gasteiger charge is -2.47. The molecule has 0 amide bonds. The Bertz CT molecular complexity index is 1680. The summed E-state index contributed by atoms with van der Waals surface area (Å²) in [4.78, 5) is 22.1. The van der Waals surface area contributed by atoms with Crippen molar-refractivity contribution in [2.75, 3.05) is 27.2 Å². The zero-order valence-electron chi connectivity index (χ0n) is 29.3. The van der Waals surface area contributed by atoms with Crippen LogP contribution in [-0.2, 0) is 14.3 Å². The van der Waals surface area contributed by atoms with Gasteiger partial charge in [-0.25, -0.2) is 4.79 Å². The summed E-state index contributed by atoms with van der Waals surface area (Å²) in [5, 5.41) is 8.75. The first-order valence-corrected chi connectivity index (χ1v) is 14.6. The Balaban J connectivity index is 7.70. The van der Waals surface area contributed by atoms with Gasteiger partial charge in [0.25, 0.3) is 0 Å². The van der Waals surface area contributed by atoms with Crippen molar-refractivity contribution in [1.82, 2.24) is 0 Å². The second-order valence-electron chi connectivity index (χ2n) is 13.3. The van der Waals surface area contributed by atoms with Gasteiger partial charge >= 0.3 is 107 Å². The number of carboxylic acid groups (broad SMARTS) is 1. The number of carboxylic acids is 1. The van der Waals surface area contributed by atoms with E-state index in [4.69, 9.17) is 5.11 Å². The molecule has 376 valence electrons. The molecule has 0 heterocycles. The van der Waals surface area contributed by atoms with Gasteiger partial charge in [0.2, 0.25) is 0 Å². The number of hydrogen-bond acceptors (Lipinski definition) is 3. The van der Waals surface area contributed by atoms with Crippen molar-refractivity contribution in [3.05, 3.63) is 0 Å². The summed E-state index contributed by atoms with van der Waals surface area (Å²) >= 11 is 0. The number of hydrogen-bond donors (Lipinski definition) is 1. The Morgan fingerprint density at radius 1 is 0.413 bits per heavy atom. The van der Waals surface area contributed by atoms with Gasteiger partial charge in [0.05, 0.1) is 20.5 Å². The molecule has 0 aromatic carbocycles. The minimum absolute atomic E-state index is 0.140. The fourth-order valence-corrected chi connectivity index (χ4v) is 4.55. The van der Waals surface area contributed by atoms with E-state index in [-0.39, 0.29) is 6.92 Å². The molecule has 0 aromatic rings. The quantitative estimate of drug-likeness (QED) is 0.0707. The Morgan fingerprint density at radius 2 is 0.619 bits per heavy atom. The first-order chi connectivity index (χ1) is 26.7. The van der Waals surface area contributed by atoms with Crippen LogP contribution in [-0.4, -0.2) is 150 Å². The van der Waals surface area contributed by atoms with Crippen LogP contribution in [0, 0.1) is 0 Å². The zero-order chi connectivity index (χ0) is 52.1. The molecule has 5 nitrogen and oxygen atoms in total. The summed E-state index contributed by atoms with van der Waals surface area (Å²) in [5.74, 6) is -148. The van der Waals surface area contributed by atoms with E-state index in [9.17, 15) is 154 Å². The third kappa shape index (κ3) is 8.27. The smallest absolute Gasteiger partial charge is 0.460 e. The van der Waals surface area contributed by atoms with E-state index >= 15 is 0 Å². The predicted octanol–water partition coefficient (Wildman–Crippen LogP) is 10.6. The minimum atomic E-state index is -10.3. The van der Waals surface area contributed by atoms with Crippen LogP contribution < -0.4 is 0 Å². The fraction of sp³-hybridized carbons (Fsp3) is 0.920. The normalized spacial score (nSPS) is 16.9. The van der Waals surface area contributed by atoms with Crippen LogP contribution in [0.5, 0.6) is 0 Å². The summed E-state index contributed by atoms with van der Waals surface area (Å²) < 4.78 is 458. The van der Waals surface area contributed by atoms with Gasteiger partial charge in [-0.15, -0.1) is 0 Å². The number of quaternary nitrogens is 1. The molecule has 1 atom stereocenters. The maximum atomic E-state index is 14.6. The predicted molar refractivity (Wildman–Crippen MR) is 130 cm³/mol. The molecule has 1 N–H and O–H groups in total. The minimum Gasteiger partial charge on any atom is -0.477 e. The van der Waals surface area contributed by atoms with Gasteiger partial charge in [0.15, 0.2) is 12.6 Å². The molecule has 1 unspecified atom stereocenters. The first kappa shape index (κ1) is 59.6. The van der Waals surface area contributed by atoms with E-state index in [0.717, 1.165) is 0 Å². The number of carbonyl (C=O) groups is 2. The molecule has 0 fully saturated rings. The number of carbonyl (C=O) groups excluding carboxylic acids is 1. The number of likely N-dealkylation sites (N-methyl/N-ethyl adjacent to an activating group) is 1. The molecule has 0 rings (SSSR count). The highest BCUT2D eigenvalue weighted by Crippen LogP contribution is 2.70. The SMILES string of the molecule is CC(=O)OC(CC(F)(F)C(F)(F)C(F)(F)C(F)(F)C(F)(F)C(F)(F)C(F)(F)C(F)(F)C(F)(F)C(F)(F)C(F)(F)C(F)(F)C(F)(F)C(F)(F)C(F)(F)C(F)(F)F)C[N+](C)(C)CC(=O)O. The molecule has 0 saturated carbocycles. The summed E-state index contributed by atoms with van der Waals surface area (Å²) in [5.41, 5.74) is 0. The average molecular weight is 1020 g/mol. The number of halogens is 33. The van der Waals surface area contributed by atoms with Crippen LogP contribution >= 0.6 is 0 Å². The van der Waals surface area contributed by atoms with Crippen molar-refractivity contribution >= 4 is 11.9 Å². The maximum absolute atomic E-state index is 14.6. The molecule has 0 spiro atoms. The van der Waals surface area contributed by atoms with Crippen molar-refractivity contribution in [3.63, 3.8) is 0 Å². The number of esters is 1. The molecule has 0 aliphatic rings. The van der Waals surface area contributed by atoms with Gasteiger partial charge in [-0.3, -0.25) is 4.79 Å². The van der Waals surface area contributed by atoms with Crippen molar-refractivity contribution in [2.45, 2.75) is 114 Å². The van der Waals surface area contributed by atoms with Crippen LogP contribution in [0.1, 0.15) is 13.3 Å². The number of ether oxygens (including phenoxy) is 1.